The number of hydrogen-bond donors (Lipinski definition) is 1. The van der Waals surface area contributed by atoms with Crippen molar-refractivity contribution in [3.63, 3.8) is 0 Å². The van der Waals surface area contributed by atoms with Crippen molar-refractivity contribution in [3.8, 4) is 23.3 Å². The third-order valence-corrected chi connectivity index (χ3v) is 7.64. The average Bonchev–Trinajstić information content (AvgIpc) is 2.97. The lowest BCUT2D eigenvalue weighted by Gasteiger charge is -2.14. The molecule has 4 rings (SSSR count). The first kappa shape index (κ1) is 30.2. The first-order chi connectivity index (χ1) is 19.7. The van der Waals surface area contributed by atoms with Crippen LogP contribution in [0.2, 0.25) is 0 Å². The van der Waals surface area contributed by atoms with Gasteiger partial charge < -0.3 is 19.5 Å². The molecule has 8 heteroatoms. The summed E-state index contributed by atoms with van der Waals surface area (Å²) in [6.07, 6.45) is 1.53. The standard InChI is InChI=1S/C33H28BrIN2O4/c1-21-4-5-24(14-22(21)2)20-41-32-30(35)16-25(17-31(32)39-3)15-26(18-36)33(38)37-28-10-12-29(13-11-28)40-19-23-6-8-27(34)9-7-23/h4-17H,19-20H2,1-3H3,(H,37,38)/b26-15+. The molecule has 0 unspecified atom stereocenters. The number of nitrogens with zero attached hydrogens (tertiary/aromatic N) is 1. The molecule has 0 saturated heterocycles. The number of halogens is 2. The van der Waals surface area contributed by atoms with E-state index >= 15 is 0 Å². The number of benzene rings is 4. The van der Waals surface area contributed by atoms with Gasteiger partial charge in [-0.15, -0.1) is 0 Å². The Morgan fingerprint density at radius 2 is 1.61 bits per heavy atom. The van der Waals surface area contributed by atoms with Crippen molar-refractivity contribution >= 4 is 56.2 Å². The fraction of sp³-hybridized carbons (Fsp3) is 0.152. The molecule has 0 saturated carbocycles. The summed E-state index contributed by atoms with van der Waals surface area (Å²) in [5.41, 5.74) is 5.69. The number of amides is 1. The predicted octanol–water partition coefficient (Wildman–Crippen LogP) is 8.38. The second kappa shape index (κ2) is 14.2. The monoisotopic (exact) mass is 722 g/mol. The molecule has 1 N–H and O–H groups in total. The molecule has 0 aromatic heterocycles. The van der Waals surface area contributed by atoms with Gasteiger partial charge in [0.15, 0.2) is 11.5 Å². The zero-order valence-electron chi connectivity index (χ0n) is 22.8. The van der Waals surface area contributed by atoms with E-state index in [-0.39, 0.29) is 5.57 Å². The first-order valence-corrected chi connectivity index (χ1v) is 14.6. The van der Waals surface area contributed by atoms with Crippen LogP contribution in [0.3, 0.4) is 0 Å². The van der Waals surface area contributed by atoms with Crippen molar-refractivity contribution in [2.24, 2.45) is 0 Å². The van der Waals surface area contributed by atoms with Crippen LogP contribution >= 0.6 is 38.5 Å². The van der Waals surface area contributed by atoms with Gasteiger partial charge in [0.25, 0.3) is 5.91 Å². The third kappa shape index (κ3) is 8.35. The lowest BCUT2D eigenvalue weighted by Crippen LogP contribution is -2.13. The molecule has 0 bridgehead atoms. The van der Waals surface area contributed by atoms with Crippen LogP contribution in [0.5, 0.6) is 17.2 Å². The van der Waals surface area contributed by atoms with Crippen LogP contribution in [0.15, 0.2) is 88.9 Å². The number of nitriles is 1. The number of ether oxygens (including phenoxy) is 3. The summed E-state index contributed by atoms with van der Waals surface area (Å²) in [6, 6.07) is 26.7. The molecule has 4 aromatic rings. The minimum Gasteiger partial charge on any atom is -0.493 e. The van der Waals surface area contributed by atoms with Crippen LogP contribution in [0.4, 0.5) is 5.69 Å². The van der Waals surface area contributed by atoms with Gasteiger partial charge in [0.05, 0.1) is 10.7 Å². The molecule has 0 aliphatic rings. The van der Waals surface area contributed by atoms with E-state index in [9.17, 15) is 10.1 Å². The van der Waals surface area contributed by atoms with Crippen molar-refractivity contribution in [1.29, 1.82) is 5.26 Å². The Morgan fingerprint density at radius 1 is 0.927 bits per heavy atom. The summed E-state index contributed by atoms with van der Waals surface area (Å²) in [6.45, 7) is 4.97. The van der Waals surface area contributed by atoms with Crippen LogP contribution in [0.1, 0.15) is 27.8 Å². The maximum Gasteiger partial charge on any atom is 0.266 e. The van der Waals surface area contributed by atoms with Gasteiger partial charge in [0.1, 0.15) is 30.6 Å². The smallest absolute Gasteiger partial charge is 0.266 e. The van der Waals surface area contributed by atoms with E-state index in [2.05, 4.69) is 69.8 Å². The molecule has 0 atom stereocenters. The number of nitrogens with one attached hydrogen (secondary N) is 1. The van der Waals surface area contributed by atoms with Gasteiger partial charge in [-0.2, -0.15) is 5.26 Å². The number of methoxy groups -OCH3 is 1. The number of rotatable bonds is 10. The van der Waals surface area contributed by atoms with Gasteiger partial charge in [-0.05, 0) is 119 Å². The normalized spacial score (nSPS) is 11.0. The highest BCUT2D eigenvalue weighted by Crippen LogP contribution is 2.35. The molecule has 0 fully saturated rings. The molecular formula is C33H28BrIN2O4. The second-order valence-corrected chi connectivity index (χ2v) is 11.4. The number of anilines is 1. The minimum atomic E-state index is -0.514. The molecule has 6 nitrogen and oxygen atoms in total. The van der Waals surface area contributed by atoms with E-state index in [4.69, 9.17) is 14.2 Å². The van der Waals surface area contributed by atoms with E-state index in [0.29, 0.717) is 41.7 Å². The minimum absolute atomic E-state index is 0.0396. The quantitative estimate of drug-likeness (QED) is 0.101. The number of hydrogen-bond acceptors (Lipinski definition) is 5. The molecule has 0 aliphatic carbocycles. The molecular weight excluding hydrogens is 695 g/mol. The third-order valence-electron chi connectivity index (χ3n) is 6.31. The van der Waals surface area contributed by atoms with Crippen LogP contribution in [0, 0.1) is 28.7 Å². The highest BCUT2D eigenvalue weighted by atomic mass is 127. The molecule has 208 valence electrons. The van der Waals surface area contributed by atoms with Gasteiger partial charge in [-0.25, -0.2) is 0 Å². The maximum atomic E-state index is 12.9. The molecule has 41 heavy (non-hydrogen) atoms. The average molecular weight is 723 g/mol. The first-order valence-electron chi connectivity index (χ1n) is 12.7. The Balaban J connectivity index is 1.41. The highest BCUT2D eigenvalue weighted by Gasteiger charge is 2.15. The lowest BCUT2D eigenvalue weighted by atomic mass is 10.1. The lowest BCUT2D eigenvalue weighted by molar-refractivity contribution is -0.112. The van der Waals surface area contributed by atoms with Gasteiger partial charge in [-0.3, -0.25) is 4.79 Å². The van der Waals surface area contributed by atoms with Gasteiger partial charge in [0.2, 0.25) is 0 Å². The zero-order valence-corrected chi connectivity index (χ0v) is 26.6. The Bertz CT molecular complexity index is 1610. The van der Waals surface area contributed by atoms with Crippen molar-refractivity contribution in [1.82, 2.24) is 0 Å². The van der Waals surface area contributed by atoms with Gasteiger partial charge >= 0.3 is 0 Å². The molecule has 4 aromatic carbocycles. The van der Waals surface area contributed by atoms with Gasteiger partial charge in [-0.1, -0.05) is 46.3 Å². The molecule has 0 spiro atoms. The van der Waals surface area contributed by atoms with Crippen LogP contribution in [-0.4, -0.2) is 13.0 Å². The van der Waals surface area contributed by atoms with E-state index in [1.165, 1.54) is 17.2 Å². The van der Waals surface area contributed by atoms with Gasteiger partial charge in [0, 0.05) is 10.2 Å². The molecule has 0 radical (unpaired) electrons. The Hall–Kier alpha value is -3.81. The number of aryl methyl sites for hydroxylation is 2. The van der Waals surface area contributed by atoms with E-state index in [1.807, 2.05) is 42.5 Å². The van der Waals surface area contributed by atoms with Crippen molar-refractivity contribution in [2.45, 2.75) is 27.1 Å². The summed E-state index contributed by atoms with van der Waals surface area (Å²) >= 11 is 5.59. The van der Waals surface area contributed by atoms with Crippen molar-refractivity contribution < 1.29 is 19.0 Å². The summed E-state index contributed by atoms with van der Waals surface area (Å²) in [7, 11) is 1.56. The van der Waals surface area contributed by atoms with Crippen LogP contribution in [0.25, 0.3) is 6.08 Å². The predicted molar refractivity (Wildman–Crippen MR) is 173 cm³/mol. The summed E-state index contributed by atoms with van der Waals surface area (Å²) in [4.78, 5) is 12.9. The Morgan fingerprint density at radius 3 is 2.27 bits per heavy atom. The SMILES string of the molecule is COc1cc(/C=C(\C#N)C(=O)Nc2ccc(OCc3ccc(Br)cc3)cc2)cc(I)c1OCc1ccc(C)c(C)c1. The Kier molecular flexibility index (Phi) is 10.4. The molecule has 1 amide bonds. The zero-order chi connectivity index (χ0) is 29.4. The van der Waals surface area contributed by atoms with E-state index in [1.54, 1.807) is 37.4 Å². The Labute approximate surface area is 262 Å². The second-order valence-electron chi connectivity index (χ2n) is 9.30. The summed E-state index contributed by atoms with van der Waals surface area (Å²) in [5.74, 6) is 1.28. The summed E-state index contributed by atoms with van der Waals surface area (Å²) in [5, 5.41) is 12.5. The number of carbonyl (C=O) groups excluding carboxylic acids is 1. The van der Waals surface area contributed by atoms with E-state index < -0.39 is 5.91 Å². The van der Waals surface area contributed by atoms with Crippen molar-refractivity contribution in [3.05, 3.63) is 120 Å². The largest absolute Gasteiger partial charge is 0.493 e. The molecule has 0 heterocycles. The topological polar surface area (TPSA) is 80.6 Å². The fourth-order valence-electron chi connectivity index (χ4n) is 3.91. The highest BCUT2D eigenvalue weighted by molar-refractivity contribution is 14.1. The van der Waals surface area contributed by atoms with Crippen LogP contribution < -0.4 is 19.5 Å². The van der Waals surface area contributed by atoms with E-state index in [0.717, 1.165) is 19.2 Å². The maximum absolute atomic E-state index is 12.9. The summed E-state index contributed by atoms with van der Waals surface area (Å²) < 4.78 is 19.3. The fourth-order valence-corrected chi connectivity index (χ4v) is 4.95. The number of carbonyl (C=O) groups is 1. The van der Waals surface area contributed by atoms with Crippen LogP contribution in [-0.2, 0) is 18.0 Å². The molecule has 0 aliphatic heterocycles. The van der Waals surface area contributed by atoms with Crippen molar-refractivity contribution in [2.75, 3.05) is 12.4 Å².